The van der Waals surface area contributed by atoms with Crippen molar-refractivity contribution in [3.8, 4) is 0 Å². The molecule has 1 saturated heterocycles. The highest BCUT2D eigenvalue weighted by Crippen LogP contribution is 2.31. The molecule has 1 saturated carbocycles. The molecule has 0 aromatic heterocycles. The van der Waals surface area contributed by atoms with E-state index in [4.69, 9.17) is 0 Å². The zero-order valence-electron chi connectivity index (χ0n) is 16.1. The molecule has 0 atom stereocenters. The molecule has 2 fully saturated rings. The van der Waals surface area contributed by atoms with E-state index in [0.717, 1.165) is 29.8 Å². The van der Waals surface area contributed by atoms with Crippen LogP contribution in [0.15, 0.2) is 18.2 Å². The summed E-state index contributed by atoms with van der Waals surface area (Å²) in [5, 5.41) is 6.01. The fourth-order valence-corrected chi connectivity index (χ4v) is 3.19. The van der Waals surface area contributed by atoms with Crippen molar-refractivity contribution >= 4 is 29.1 Å². The number of anilines is 2. The van der Waals surface area contributed by atoms with Crippen LogP contribution in [0.2, 0.25) is 0 Å². The molecule has 0 bridgehead atoms. The molecular formula is C20H28N4O3. The summed E-state index contributed by atoms with van der Waals surface area (Å²) < 4.78 is 0. The third-order valence-corrected chi connectivity index (χ3v) is 5.14. The molecule has 7 heteroatoms. The van der Waals surface area contributed by atoms with Gasteiger partial charge in [0.2, 0.25) is 17.7 Å². The predicted octanol–water partition coefficient (Wildman–Crippen LogP) is 1.84. The fourth-order valence-electron chi connectivity index (χ4n) is 3.19. The van der Waals surface area contributed by atoms with Crippen LogP contribution in [0.5, 0.6) is 0 Å². The van der Waals surface area contributed by atoms with Gasteiger partial charge in [-0.15, -0.1) is 0 Å². The lowest BCUT2D eigenvalue weighted by Gasteiger charge is -2.35. The molecule has 0 spiro atoms. The summed E-state index contributed by atoms with van der Waals surface area (Å²) in [6.07, 6.45) is 2.45. The Balaban J connectivity index is 1.49. The number of carbonyl (C=O) groups is 3. The van der Waals surface area contributed by atoms with Gasteiger partial charge >= 0.3 is 0 Å². The normalized spacial score (nSPS) is 16.8. The first kappa shape index (κ1) is 19.2. The van der Waals surface area contributed by atoms with Gasteiger partial charge in [-0.25, -0.2) is 0 Å². The molecule has 7 nitrogen and oxygen atoms in total. The first-order valence-electron chi connectivity index (χ1n) is 9.69. The van der Waals surface area contributed by atoms with Crippen LogP contribution in [-0.4, -0.2) is 60.2 Å². The highest BCUT2D eigenvalue weighted by atomic mass is 16.2. The number of amides is 3. The summed E-state index contributed by atoms with van der Waals surface area (Å²) in [5.41, 5.74) is 2.56. The van der Waals surface area contributed by atoms with Gasteiger partial charge in [-0.1, -0.05) is 13.0 Å². The van der Waals surface area contributed by atoms with Gasteiger partial charge in [-0.05, 0) is 37.5 Å². The van der Waals surface area contributed by atoms with Gasteiger partial charge in [0.05, 0.1) is 6.54 Å². The quantitative estimate of drug-likeness (QED) is 0.798. The minimum absolute atomic E-state index is 0.0240. The number of rotatable bonds is 6. The Kier molecular flexibility index (Phi) is 5.98. The minimum atomic E-state index is -0.0421. The molecule has 27 heavy (non-hydrogen) atoms. The lowest BCUT2D eigenvalue weighted by molar-refractivity contribution is -0.139. The first-order chi connectivity index (χ1) is 13.0. The summed E-state index contributed by atoms with van der Waals surface area (Å²) in [7, 11) is 0. The van der Waals surface area contributed by atoms with Crippen LogP contribution < -0.4 is 10.6 Å². The van der Waals surface area contributed by atoms with E-state index in [2.05, 4.69) is 10.6 Å². The van der Waals surface area contributed by atoms with Crippen LogP contribution in [0.1, 0.15) is 31.7 Å². The molecule has 1 heterocycles. The maximum Gasteiger partial charge on any atom is 0.241 e. The lowest BCUT2D eigenvalue weighted by atomic mass is 10.1. The summed E-state index contributed by atoms with van der Waals surface area (Å²) >= 11 is 0. The molecule has 1 aliphatic heterocycles. The van der Waals surface area contributed by atoms with Gasteiger partial charge in [0.15, 0.2) is 0 Å². The third-order valence-electron chi connectivity index (χ3n) is 5.14. The molecule has 1 aromatic carbocycles. The number of hydrogen-bond acceptors (Lipinski definition) is 4. The maximum atomic E-state index is 12.5. The van der Waals surface area contributed by atoms with Gasteiger partial charge in [-0.3, -0.25) is 14.4 Å². The Morgan fingerprint density at radius 1 is 1.07 bits per heavy atom. The number of nitrogens with zero attached hydrogens (tertiary/aromatic N) is 2. The predicted molar refractivity (Wildman–Crippen MR) is 104 cm³/mol. The van der Waals surface area contributed by atoms with Crippen molar-refractivity contribution in [2.45, 2.75) is 33.1 Å². The second-order valence-electron chi connectivity index (χ2n) is 7.27. The van der Waals surface area contributed by atoms with Crippen molar-refractivity contribution in [1.82, 2.24) is 9.80 Å². The zero-order valence-corrected chi connectivity index (χ0v) is 16.1. The molecule has 146 valence electrons. The summed E-state index contributed by atoms with van der Waals surface area (Å²) in [6, 6.07) is 5.62. The second-order valence-corrected chi connectivity index (χ2v) is 7.27. The SMILES string of the molecule is CCC(=O)Nc1ccc(C)c(NCC(=O)N2CCN(C(=O)C3CC3)CC2)c1. The Hall–Kier alpha value is -2.57. The zero-order chi connectivity index (χ0) is 19.4. The average molecular weight is 372 g/mol. The second kappa shape index (κ2) is 8.41. The van der Waals surface area contributed by atoms with E-state index in [1.807, 2.05) is 34.9 Å². The summed E-state index contributed by atoms with van der Waals surface area (Å²) in [4.78, 5) is 39.8. The smallest absolute Gasteiger partial charge is 0.241 e. The molecule has 0 radical (unpaired) electrons. The van der Waals surface area contributed by atoms with Crippen LogP contribution in [0.25, 0.3) is 0 Å². The van der Waals surface area contributed by atoms with Gasteiger partial charge in [0.25, 0.3) is 0 Å². The van der Waals surface area contributed by atoms with Crippen molar-refractivity contribution in [1.29, 1.82) is 0 Å². The van der Waals surface area contributed by atoms with Crippen molar-refractivity contribution in [3.63, 3.8) is 0 Å². The van der Waals surface area contributed by atoms with Gasteiger partial charge in [0.1, 0.15) is 0 Å². The standard InChI is InChI=1S/C20H28N4O3/c1-3-18(25)22-16-7-4-14(2)17(12-16)21-13-19(26)23-8-10-24(11-9-23)20(27)15-5-6-15/h4,7,12,15,21H,3,5-6,8-11,13H2,1-2H3,(H,22,25). The Morgan fingerprint density at radius 2 is 1.74 bits per heavy atom. The number of hydrogen-bond donors (Lipinski definition) is 2. The van der Waals surface area contributed by atoms with Gasteiger partial charge < -0.3 is 20.4 Å². The number of piperazine rings is 1. The highest BCUT2D eigenvalue weighted by Gasteiger charge is 2.35. The van der Waals surface area contributed by atoms with Crippen LogP contribution in [-0.2, 0) is 14.4 Å². The number of benzene rings is 1. The van der Waals surface area contributed by atoms with Crippen molar-refractivity contribution in [2.24, 2.45) is 5.92 Å². The van der Waals surface area contributed by atoms with E-state index in [0.29, 0.717) is 32.6 Å². The summed E-state index contributed by atoms with van der Waals surface area (Å²) in [5.74, 6) is 0.467. The molecular weight excluding hydrogens is 344 g/mol. The summed E-state index contributed by atoms with van der Waals surface area (Å²) in [6.45, 7) is 6.38. The highest BCUT2D eigenvalue weighted by molar-refractivity contribution is 5.91. The topological polar surface area (TPSA) is 81.8 Å². The molecule has 3 amide bonds. The monoisotopic (exact) mass is 372 g/mol. The number of carbonyl (C=O) groups excluding carboxylic acids is 3. The molecule has 3 rings (SSSR count). The molecule has 2 aliphatic rings. The van der Waals surface area contributed by atoms with Crippen molar-refractivity contribution in [3.05, 3.63) is 23.8 Å². The van der Waals surface area contributed by atoms with Crippen molar-refractivity contribution < 1.29 is 14.4 Å². The van der Waals surface area contributed by atoms with Crippen LogP contribution in [0.3, 0.4) is 0 Å². The third kappa shape index (κ3) is 4.99. The van der Waals surface area contributed by atoms with E-state index in [1.165, 1.54) is 0 Å². The minimum Gasteiger partial charge on any atom is -0.376 e. The van der Waals surface area contributed by atoms with Crippen LogP contribution >= 0.6 is 0 Å². The van der Waals surface area contributed by atoms with Crippen molar-refractivity contribution in [2.75, 3.05) is 43.4 Å². The fraction of sp³-hybridized carbons (Fsp3) is 0.550. The largest absolute Gasteiger partial charge is 0.376 e. The molecule has 2 N–H and O–H groups in total. The van der Waals surface area contributed by atoms with Gasteiger partial charge in [-0.2, -0.15) is 0 Å². The number of nitrogens with one attached hydrogen (secondary N) is 2. The molecule has 1 aromatic rings. The average Bonchev–Trinajstić information content (AvgIpc) is 3.53. The lowest BCUT2D eigenvalue weighted by Crippen LogP contribution is -2.52. The van der Waals surface area contributed by atoms with E-state index in [9.17, 15) is 14.4 Å². The van der Waals surface area contributed by atoms with Gasteiger partial charge in [0, 0.05) is 49.9 Å². The first-order valence-corrected chi connectivity index (χ1v) is 9.69. The van der Waals surface area contributed by atoms with E-state index in [-0.39, 0.29) is 30.2 Å². The van der Waals surface area contributed by atoms with E-state index in [1.54, 1.807) is 6.92 Å². The van der Waals surface area contributed by atoms with E-state index < -0.39 is 0 Å². The Morgan fingerprint density at radius 3 is 2.37 bits per heavy atom. The van der Waals surface area contributed by atoms with E-state index >= 15 is 0 Å². The molecule has 1 aliphatic carbocycles. The number of aryl methyl sites for hydroxylation is 1. The van der Waals surface area contributed by atoms with Crippen LogP contribution in [0.4, 0.5) is 11.4 Å². The maximum absolute atomic E-state index is 12.5. The van der Waals surface area contributed by atoms with Crippen LogP contribution in [0, 0.1) is 12.8 Å². The Bertz CT molecular complexity index is 722. The Labute approximate surface area is 160 Å². The molecule has 0 unspecified atom stereocenters.